The van der Waals surface area contributed by atoms with E-state index in [0.717, 1.165) is 50.5 Å². The summed E-state index contributed by atoms with van der Waals surface area (Å²) in [5.74, 6) is 1.98. The molecule has 1 aromatic heterocycles. The van der Waals surface area contributed by atoms with Gasteiger partial charge in [-0.3, -0.25) is 9.78 Å². The molecule has 0 aromatic carbocycles. The Bertz CT molecular complexity index is 492. The molecule has 2 fully saturated rings. The topological polar surface area (TPSA) is 70.2 Å². The third-order valence-corrected chi connectivity index (χ3v) is 4.07. The van der Waals surface area contributed by atoms with Crippen molar-refractivity contribution < 1.29 is 4.79 Å². The van der Waals surface area contributed by atoms with E-state index in [-0.39, 0.29) is 17.9 Å². The highest BCUT2D eigenvalue weighted by Crippen LogP contribution is 2.30. The summed E-state index contributed by atoms with van der Waals surface area (Å²) in [6, 6.07) is 0.229. The summed E-state index contributed by atoms with van der Waals surface area (Å²) in [4.78, 5) is 22.9. The molecule has 2 unspecified atom stereocenters. The Balaban J connectivity index is 1.79. The van der Waals surface area contributed by atoms with Gasteiger partial charge in [0.05, 0.1) is 24.4 Å². The summed E-state index contributed by atoms with van der Waals surface area (Å²) in [5.41, 5.74) is 0. The van der Waals surface area contributed by atoms with Gasteiger partial charge in [-0.25, -0.2) is 4.98 Å². The van der Waals surface area contributed by atoms with E-state index in [0.29, 0.717) is 0 Å². The van der Waals surface area contributed by atoms with Crippen LogP contribution in [0.4, 0.5) is 11.6 Å². The van der Waals surface area contributed by atoms with Crippen molar-refractivity contribution in [3.05, 3.63) is 12.4 Å². The number of aromatic nitrogens is 2. The van der Waals surface area contributed by atoms with Crippen molar-refractivity contribution in [2.45, 2.75) is 32.2 Å². The van der Waals surface area contributed by atoms with Crippen LogP contribution in [0.3, 0.4) is 0 Å². The lowest BCUT2D eigenvalue weighted by molar-refractivity contribution is -0.122. The van der Waals surface area contributed by atoms with Gasteiger partial charge in [-0.2, -0.15) is 0 Å². The minimum Gasteiger partial charge on any atom is -0.369 e. The van der Waals surface area contributed by atoms with Crippen LogP contribution >= 0.6 is 0 Å². The number of nitrogens with zero attached hydrogens (tertiary/aromatic N) is 3. The Morgan fingerprint density at radius 2 is 2.40 bits per heavy atom. The Labute approximate surface area is 119 Å². The van der Waals surface area contributed by atoms with Gasteiger partial charge >= 0.3 is 0 Å². The first kappa shape index (κ1) is 13.1. The van der Waals surface area contributed by atoms with Crippen LogP contribution in [-0.2, 0) is 4.79 Å². The highest BCUT2D eigenvalue weighted by Gasteiger charge is 2.41. The molecule has 108 valence electrons. The van der Waals surface area contributed by atoms with Crippen LogP contribution in [0.25, 0.3) is 0 Å². The van der Waals surface area contributed by atoms with E-state index < -0.39 is 0 Å². The molecule has 20 heavy (non-hydrogen) atoms. The summed E-state index contributed by atoms with van der Waals surface area (Å²) in [6.45, 7) is 4.68. The highest BCUT2D eigenvalue weighted by atomic mass is 16.2. The molecule has 2 atom stereocenters. The van der Waals surface area contributed by atoms with Crippen molar-refractivity contribution in [3.8, 4) is 0 Å². The standard InChI is InChI=1S/C14H21N5O/c1-2-5-16-12-8-15-9-13(18-12)19-6-3-4-10-11(19)7-17-14(10)20/h8-11H,2-7H2,1H3,(H,16,18)(H,17,20). The zero-order valence-corrected chi connectivity index (χ0v) is 11.8. The summed E-state index contributed by atoms with van der Waals surface area (Å²) in [6.07, 6.45) is 6.61. The molecule has 0 aliphatic carbocycles. The number of amides is 1. The van der Waals surface area contributed by atoms with Gasteiger partial charge < -0.3 is 15.5 Å². The number of piperidine rings is 1. The molecule has 6 nitrogen and oxygen atoms in total. The van der Waals surface area contributed by atoms with Gasteiger partial charge in [-0.1, -0.05) is 6.92 Å². The predicted molar refractivity (Wildman–Crippen MR) is 77.7 cm³/mol. The number of carbonyl (C=O) groups is 1. The van der Waals surface area contributed by atoms with Crippen molar-refractivity contribution in [2.75, 3.05) is 29.9 Å². The maximum atomic E-state index is 11.8. The number of rotatable bonds is 4. The van der Waals surface area contributed by atoms with E-state index in [1.807, 2.05) is 0 Å². The third kappa shape index (κ3) is 2.42. The minimum absolute atomic E-state index is 0.109. The first-order valence-electron chi connectivity index (χ1n) is 7.40. The van der Waals surface area contributed by atoms with Crippen molar-refractivity contribution in [3.63, 3.8) is 0 Å². The molecular formula is C14H21N5O. The predicted octanol–water partition coefficient (Wildman–Crippen LogP) is 1.01. The second-order valence-electron chi connectivity index (χ2n) is 5.44. The number of nitrogens with one attached hydrogen (secondary N) is 2. The molecule has 0 saturated carbocycles. The molecular weight excluding hydrogens is 254 g/mol. The van der Waals surface area contributed by atoms with E-state index in [1.54, 1.807) is 12.4 Å². The van der Waals surface area contributed by atoms with Crippen molar-refractivity contribution in [1.29, 1.82) is 0 Å². The van der Waals surface area contributed by atoms with Crippen LogP contribution in [0, 0.1) is 5.92 Å². The molecule has 2 aliphatic rings. The molecule has 2 saturated heterocycles. The second kappa shape index (κ2) is 5.64. The van der Waals surface area contributed by atoms with Crippen molar-refractivity contribution >= 4 is 17.5 Å². The van der Waals surface area contributed by atoms with Crippen LogP contribution < -0.4 is 15.5 Å². The van der Waals surface area contributed by atoms with E-state index in [4.69, 9.17) is 0 Å². The van der Waals surface area contributed by atoms with Crippen LogP contribution in [0.15, 0.2) is 12.4 Å². The van der Waals surface area contributed by atoms with Gasteiger partial charge in [0.15, 0.2) is 0 Å². The van der Waals surface area contributed by atoms with Crippen LogP contribution in [0.2, 0.25) is 0 Å². The molecule has 3 rings (SSSR count). The number of carbonyl (C=O) groups excluding carboxylic acids is 1. The fraction of sp³-hybridized carbons (Fsp3) is 0.643. The van der Waals surface area contributed by atoms with E-state index in [2.05, 4.69) is 32.4 Å². The molecule has 0 radical (unpaired) electrons. The molecule has 2 aliphatic heterocycles. The largest absolute Gasteiger partial charge is 0.369 e. The average Bonchev–Trinajstić information content (AvgIpc) is 2.87. The van der Waals surface area contributed by atoms with Crippen LogP contribution in [-0.4, -0.2) is 41.6 Å². The maximum Gasteiger partial charge on any atom is 0.225 e. The van der Waals surface area contributed by atoms with Gasteiger partial charge in [0.1, 0.15) is 11.6 Å². The number of fused-ring (bicyclic) bond motifs is 1. The molecule has 0 bridgehead atoms. The Kier molecular flexibility index (Phi) is 3.71. The lowest BCUT2D eigenvalue weighted by Gasteiger charge is -2.36. The van der Waals surface area contributed by atoms with Gasteiger partial charge in [-0.05, 0) is 19.3 Å². The highest BCUT2D eigenvalue weighted by molar-refractivity contribution is 5.83. The average molecular weight is 275 g/mol. The summed E-state index contributed by atoms with van der Waals surface area (Å²) < 4.78 is 0. The normalized spacial score (nSPS) is 25.2. The van der Waals surface area contributed by atoms with Crippen LogP contribution in [0.1, 0.15) is 26.2 Å². The van der Waals surface area contributed by atoms with Crippen LogP contribution in [0.5, 0.6) is 0 Å². The zero-order chi connectivity index (χ0) is 13.9. The van der Waals surface area contributed by atoms with E-state index in [1.165, 1.54) is 0 Å². The van der Waals surface area contributed by atoms with E-state index in [9.17, 15) is 4.79 Å². The van der Waals surface area contributed by atoms with Gasteiger partial charge in [0, 0.05) is 19.6 Å². The summed E-state index contributed by atoms with van der Waals surface area (Å²) in [5, 5.41) is 6.23. The Hall–Kier alpha value is -1.85. The first-order valence-corrected chi connectivity index (χ1v) is 7.40. The lowest BCUT2D eigenvalue weighted by atomic mass is 9.91. The van der Waals surface area contributed by atoms with Gasteiger partial charge in [-0.15, -0.1) is 0 Å². The molecule has 3 heterocycles. The van der Waals surface area contributed by atoms with E-state index >= 15 is 0 Å². The summed E-state index contributed by atoms with van der Waals surface area (Å²) >= 11 is 0. The Morgan fingerprint density at radius 1 is 1.50 bits per heavy atom. The number of hydrogen-bond acceptors (Lipinski definition) is 5. The Morgan fingerprint density at radius 3 is 3.25 bits per heavy atom. The quantitative estimate of drug-likeness (QED) is 0.858. The third-order valence-electron chi connectivity index (χ3n) is 4.07. The summed E-state index contributed by atoms with van der Waals surface area (Å²) in [7, 11) is 0. The number of anilines is 2. The molecule has 2 N–H and O–H groups in total. The fourth-order valence-electron chi connectivity index (χ4n) is 3.07. The monoisotopic (exact) mass is 275 g/mol. The molecule has 6 heteroatoms. The number of hydrogen-bond donors (Lipinski definition) is 2. The lowest BCUT2D eigenvalue weighted by Crippen LogP contribution is -2.46. The van der Waals surface area contributed by atoms with Gasteiger partial charge in [0.2, 0.25) is 5.91 Å². The fourth-order valence-corrected chi connectivity index (χ4v) is 3.07. The van der Waals surface area contributed by atoms with Crippen molar-refractivity contribution in [1.82, 2.24) is 15.3 Å². The molecule has 1 amide bonds. The zero-order valence-electron chi connectivity index (χ0n) is 11.8. The SMILES string of the molecule is CCCNc1cncc(N2CCCC3C(=O)NCC32)n1. The molecule has 0 spiro atoms. The van der Waals surface area contributed by atoms with Crippen molar-refractivity contribution in [2.24, 2.45) is 5.92 Å². The smallest absolute Gasteiger partial charge is 0.225 e. The minimum atomic E-state index is 0.109. The molecule has 1 aromatic rings. The second-order valence-corrected chi connectivity index (χ2v) is 5.44. The van der Waals surface area contributed by atoms with Gasteiger partial charge in [0.25, 0.3) is 0 Å². The maximum absolute atomic E-state index is 11.8. The first-order chi connectivity index (χ1) is 9.79.